The summed E-state index contributed by atoms with van der Waals surface area (Å²) in [7, 11) is -1.66. The van der Waals surface area contributed by atoms with Crippen LogP contribution in [0.3, 0.4) is 0 Å². The predicted octanol–water partition coefficient (Wildman–Crippen LogP) is 0.369. The van der Waals surface area contributed by atoms with Crippen LogP contribution in [-0.4, -0.2) is 66.9 Å². The van der Waals surface area contributed by atoms with Crippen LogP contribution < -0.4 is 9.62 Å². The molecule has 0 atom stereocenters. The average Bonchev–Trinajstić information content (AvgIpc) is 2.88. The van der Waals surface area contributed by atoms with Crippen molar-refractivity contribution >= 4 is 21.7 Å². The van der Waals surface area contributed by atoms with Crippen LogP contribution in [0.5, 0.6) is 0 Å². The summed E-state index contributed by atoms with van der Waals surface area (Å²) in [4.78, 5) is 4.53. The van der Waals surface area contributed by atoms with E-state index in [2.05, 4.69) is 42.0 Å². The lowest BCUT2D eigenvalue weighted by molar-refractivity contribution is 0.312. The number of sulfonamides is 1. The standard InChI is InChI=1S/C14H21N7O2S/c1-10-14(11(2)16-15-10)24(22,23)19-12-4-5-13(18-17-12)21-8-6-20(3)7-9-21/h4-5H,6-9H2,1-3H3,(H,15,16)(H,17,19). The summed E-state index contributed by atoms with van der Waals surface area (Å²) >= 11 is 0. The number of anilines is 2. The monoisotopic (exact) mass is 351 g/mol. The van der Waals surface area contributed by atoms with Crippen molar-refractivity contribution in [3.8, 4) is 0 Å². The molecule has 3 heterocycles. The third-order valence-electron chi connectivity index (χ3n) is 4.05. The Morgan fingerprint density at radius 3 is 2.38 bits per heavy atom. The van der Waals surface area contributed by atoms with Crippen LogP contribution in [-0.2, 0) is 10.0 Å². The number of aryl methyl sites for hydroxylation is 2. The van der Waals surface area contributed by atoms with Gasteiger partial charge in [-0.1, -0.05) is 0 Å². The van der Waals surface area contributed by atoms with Crippen molar-refractivity contribution < 1.29 is 8.42 Å². The zero-order valence-electron chi connectivity index (χ0n) is 13.9. The van der Waals surface area contributed by atoms with Gasteiger partial charge in [-0.15, -0.1) is 10.2 Å². The largest absolute Gasteiger partial charge is 0.353 e. The maximum Gasteiger partial charge on any atom is 0.266 e. The van der Waals surface area contributed by atoms with E-state index in [1.165, 1.54) is 0 Å². The molecule has 24 heavy (non-hydrogen) atoms. The van der Waals surface area contributed by atoms with Crippen molar-refractivity contribution in [2.75, 3.05) is 42.8 Å². The lowest BCUT2D eigenvalue weighted by Gasteiger charge is -2.32. The Balaban J connectivity index is 1.75. The summed E-state index contributed by atoms with van der Waals surface area (Å²) in [5.74, 6) is 0.939. The van der Waals surface area contributed by atoms with Gasteiger partial charge in [0.15, 0.2) is 11.6 Å². The number of likely N-dealkylation sites (N-methyl/N-ethyl adjacent to an activating group) is 1. The molecule has 1 fully saturated rings. The van der Waals surface area contributed by atoms with Crippen LogP contribution in [0.25, 0.3) is 0 Å². The summed E-state index contributed by atoms with van der Waals surface area (Å²) in [6.07, 6.45) is 0. The first-order valence-electron chi connectivity index (χ1n) is 7.68. The van der Waals surface area contributed by atoms with Gasteiger partial charge in [0.05, 0.1) is 11.4 Å². The van der Waals surface area contributed by atoms with E-state index < -0.39 is 10.0 Å². The van der Waals surface area contributed by atoms with Crippen molar-refractivity contribution in [2.24, 2.45) is 0 Å². The maximum atomic E-state index is 12.5. The van der Waals surface area contributed by atoms with Crippen LogP contribution in [0, 0.1) is 13.8 Å². The number of aromatic amines is 1. The van der Waals surface area contributed by atoms with Gasteiger partial charge in [-0.25, -0.2) is 8.42 Å². The van der Waals surface area contributed by atoms with Gasteiger partial charge >= 0.3 is 0 Å². The topological polar surface area (TPSA) is 107 Å². The third-order valence-corrected chi connectivity index (χ3v) is 5.66. The Hall–Kier alpha value is -2.20. The van der Waals surface area contributed by atoms with Gasteiger partial charge in [0.25, 0.3) is 10.0 Å². The van der Waals surface area contributed by atoms with E-state index in [-0.39, 0.29) is 10.7 Å². The number of H-pyrrole nitrogens is 1. The number of rotatable bonds is 4. The molecule has 2 N–H and O–H groups in total. The van der Waals surface area contributed by atoms with E-state index >= 15 is 0 Å². The lowest BCUT2D eigenvalue weighted by Crippen LogP contribution is -2.44. The summed E-state index contributed by atoms with van der Waals surface area (Å²) in [5.41, 5.74) is 0.907. The number of aromatic nitrogens is 4. The highest BCUT2D eigenvalue weighted by atomic mass is 32.2. The van der Waals surface area contributed by atoms with Crippen LogP contribution in [0.2, 0.25) is 0 Å². The van der Waals surface area contributed by atoms with Crippen molar-refractivity contribution in [1.82, 2.24) is 25.3 Å². The Morgan fingerprint density at radius 2 is 1.83 bits per heavy atom. The zero-order chi connectivity index (χ0) is 17.3. The molecule has 1 aliphatic rings. The fraction of sp³-hybridized carbons (Fsp3) is 0.500. The van der Waals surface area contributed by atoms with Gasteiger partial charge in [-0.05, 0) is 33.0 Å². The van der Waals surface area contributed by atoms with E-state index in [1.807, 2.05) is 0 Å². The molecule has 2 aromatic heterocycles. The van der Waals surface area contributed by atoms with E-state index in [4.69, 9.17) is 0 Å². The van der Waals surface area contributed by atoms with Crippen LogP contribution in [0.15, 0.2) is 17.0 Å². The lowest BCUT2D eigenvalue weighted by atomic mass is 10.3. The van der Waals surface area contributed by atoms with Gasteiger partial charge in [0.2, 0.25) is 0 Å². The highest BCUT2D eigenvalue weighted by molar-refractivity contribution is 7.92. The molecule has 0 radical (unpaired) electrons. The minimum Gasteiger partial charge on any atom is -0.353 e. The molecule has 0 bridgehead atoms. The first-order valence-corrected chi connectivity index (χ1v) is 9.17. The SMILES string of the molecule is Cc1n[nH]c(C)c1S(=O)(=O)Nc1ccc(N2CCN(C)CC2)nn1. The fourth-order valence-electron chi connectivity index (χ4n) is 2.71. The van der Waals surface area contributed by atoms with E-state index in [0.717, 1.165) is 32.0 Å². The summed E-state index contributed by atoms with van der Waals surface area (Å²) in [6.45, 7) is 6.99. The number of hydrogen-bond donors (Lipinski definition) is 2. The van der Waals surface area contributed by atoms with Crippen molar-refractivity contribution in [3.05, 3.63) is 23.5 Å². The molecule has 2 aromatic rings. The number of nitrogens with one attached hydrogen (secondary N) is 2. The molecule has 130 valence electrons. The Labute approximate surface area is 141 Å². The Morgan fingerprint density at radius 1 is 1.12 bits per heavy atom. The zero-order valence-corrected chi connectivity index (χ0v) is 14.8. The maximum absolute atomic E-state index is 12.5. The van der Waals surface area contributed by atoms with Gasteiger partial charge in [-0.2, -0.15) is 5.10 Å². The number of nitrogens with zero attached hydrogens (tertiary/aromatic N) is 5. The minimum absolute atomic E-state index is 0.146. The fourth-order valence-corrected chi connectivity index (χ4v) is 4.08. The Bertz CT molecular complexity index is 789. The van der Waals surface area contributed by atoms with E-state index in [0.29, 0.717) is 11.4 Å². The second-order valence-corrected chi connectivity index (χ2v) is 7.55. The average molecular weight is 351 g/mol. The molecular weight excluding hydrogens is 330 g/mol. The Kier molecular flexibility index (Phi) is 4.41. The summed E-state index contributed by atoms with van der Waals surface area (Å²) in [5, 5.41) is 14.7. The predicted molar refractivity (Wildman–Crippen MR) is 90.6 cm³/mol. The van der Waals surface area contributed by atoms with Crippen molar-refractivity contribution in [2.45, 2.75) is 18.7 Å². The summed E-state index contributed by atoms with van der Waals surface area (Å²) < 4.78 is 27.4. The first-order chi connectivity index (χ1) is 11.4. The normalized spacial score (nSPS) is 16.4. The molecule has 3 rings (SSSR count). The minimum atomic E-state index is -3.74. The molecule has 1 saturated heterocycles. The van der Waals surface area contributed by atoms with E-state index in [9.17, 15) is 8.42 Å². The van der Waals surface area contributed by atoms with Gasteiger partial charge < -0.3 is 9.80 Å². The molecule has 0 aliphatic carbocycles. The highest BCUT2D eigenvalue weighted by Crippen LogP contribution is 2.20. The quantitative estimate of drug-likeness (QED) is 0.819. The molecule has 0 amide bonds. The summed E-state index contributed by atoms with van der Waals surface area (Å²) in [6, 6.07) is 3.41. The highest BCUT2D eigenvalue weighted by Gasteiger charge is 2.23. The van der Waals surface area contributed by atoms with E-state index in [1.54, 1.807) is 26.0 Å². The van der Waals surface area contributed by atoms with Crippen LogP contribution in [0.1, 0.15) is 11.4 Å². The molecule has 10 heteroatoms. The van der Waals surface area contributed by atoms with Crippen molar-refractivity contribution in [3.63, 3.8) is 0 Å². The molecule has 0 saturated carbocycles. The van der Waals surface area contributed by atoms with Gasteiger partial charge in [-0.3, -0.25) is 9.82 Å². The smallest absolute Gasteiger partial charge is 0.266 e. The molecule has 0 unspecified atom stereocenters. The molecule has 0 aromatic carbocycles. The van der Waals surface area contributed by atoms with Crippen LogP contribution >= 0.6 is 0 Å². The van der Waals surface area contributed by atoms with Gasteiger partial charge in [0.1, 0.15) is 4.90 Å². The molecule has 9 nitrogen and oxygen atoms in total. The van der Waals surface area contributed by atoms with Crippen LogP contribution in [0.4, 0.5) is 11.6 Å². The number of hydrogen-bond acceptors (Lipinski definition) is 7. The second kappa shape index (κ2) is 6.36. The van der Waals surface area contributed by atoms with Crippen molar-refractivity contribution in [1.29, 1.82) is 0 Å². The molecular formula is C14H21N7O2S. The third kappa shape index (κ3) is 3.34. The second-order valence-electron chi connectivity index (χ2n) is 5.94. The van der Waals surface area contributed by atoms with Gasteiger partial charge in [0, 0.05) is 26.2 Å². The molecule has 1 aliphatic heterocycles. The first kappa shape index (κ1) is 16.7. The molecule has 0 spiro atoms. The number of piperazine rings is 1.